The first-order chi connectivity index (χ1) is 7.79. The molecule has 5 heteroatoms. The number of rotatable bonds is 3. The van der Waals surface area contributed by atoms with Gasteiger partial charge in [0.15, 0.2) is 0 Å². The fourth-order valence-corrected chi connectivity index (χ4v) is 1.93. The van der Waals surface area contributed by atoms with Crippen molar-refractivity contribution in [1.29, 1.82) is 0 Å². The summed E-state index contributed by atoms with van der Waals surface area (Å²) in [6.07, 6.45) is 3.43. The Balaban J connectivity index is 2.09. The number of piperidine rings is 1. The molecule has 1 aliphatic rings. The molecule has 0 saturated carbocycles. The Morgan fingerprint density at radius 1 is 1.62 bits per heavy atom. The predicted molar refractivity (Wildman–Crippen MR) is 63.6 cm³/mol. The van der Waals surface area contributed by atoms with Gasteiger partial charge in [-0.15, -0.1) is 0 Å². The molecule has 1 aliphatic heterocycles. The van der Waals surface area contributed by atoms with Crippen molar-refractivity contribution in [3.8, 4) is 0 Å². The lowest BCUT2D eigenvalue weighted by Crippen LogP contribution is -2.38. The summed E-state index contributed by atoms with van der Waals surface area (Å²) in [5.41, 5.74) is 0. The van der Waals surface area contributed by atoms with Gasteiger partial charge < -0.3 is 15.3 Å². The Kier molecular flexibility index (Phi) is 3.56. The standard InChI is InChI=1S/C11H18N4O/c1-2-12-11-13-6-5-10(14-11)15-7-3-4-9(16)8-15/h5-6,9,16H,2-4,7-8H2,1H3,(H,12,13,14)/t9-/m0/s1. The van der Waals surface area contributed by atoms with Crippen LogP contribution in [0.25, 0.3) is 0 Å². The van der Waals surface area contributed by atoms with E-state index in [0.29, 0.717) is 12.5 Å². The molecule has 0 aromatic carbocycles. The van der Waals surface area contributed by atoms with Gasteiger partial charge in [-0.2, -0.15) is 4.98 Å². The Labute approximate surface area is 95.5 Å². The molecule has 2 heterocycles. The van der Waals surface area contributed by atoms with Gasteiger partial charge in [0.25, 0.3) is 0 Å². The Morgan fingerprint density at radius 2 is 2.50 bits per heavy atom. The second-order valence-electron chi connectivity index (χ2n) is 4.01. The molecule has 5 nitrogen and oxygen atoms in total. The first kappa shape index (κ1) is 11.1. The van der Waals surface area contributed by atoms with Gasteiger partial charge in [-0.05, 0) is 25.8 Å². The van der Waals surface area contributed by atoms with Crippen molar-refractivity contribution in [2.75, 3.05) is 29.9 Å². The predicted octanol–water partition coefficient (Wildman–Crippen LogP) is 0.869. The number of nitrogens with zero attached hydrogens (tertiary/aromatic N) is 3. The average molecular weight is 222 g/mol. The number of aromatic nitrogens is 2. The fourth-order valence-electron chi connectivity index (χ4n) is 1.93. The van der Waals surface area contributed by atoms with Crippen LogP contribution < -0.4 is 10.2 Å². The van der Waals surface area contributed by atoms with Gasteiger partial charge in [-0.1, -0.05) is 0 Å². The van der Waals surface area contributed by atoms with Crippen molar-refractivity contribution in [3.05, 3.63) is 12.3 Å². The van der Waals surface area contributed by atoms with Crippen molar-refractivity contribution in [2.45, 2.75) is 25.9 Å². The first-order valence-corrected chi connectivity index (χ1v) is 5.79. The number of anilines is 2. The molecule has 2 N–H and O–H groups in total. The van der Waals surface area contributed by atoms with E-state index in [-0.39, 0.29) is 6.10 Å². The smallest absolute Gasteiger partial charge is 0.224 e. The van der Waals surface area contributed by atoms with Gasteiger partial charge in [-0.3, -0.25) is 0 Å². The van der Waals surface area contributed by atoms with Crippen LogP contribution in [-0.2, 0) is 0 Å². The summed E-state index contributed by atoms with van der Waals surface area (Å²) in [5.74, 6) is 1.55. The van der Waals surface area contributed by atoms with E-state index in [2.05, 4.69) is 20.2 Å². The van der Waals surface area contributed by atoms with Crippen LogP contribution in [-0.4, -0.2) is 40.8 Å². The lowest BCUT2D eigenvalue weighted by molar-refractivity contribution is 0.154. The van der Waals surface area contributed by atoms with Crippen LogP contribution in [0, 0.1) is 0 Å². The van der Waals surface area contributed by atoms with Gasteiger partial charge in [-0.25, -0.2) is 4.98 Å². The van der Waals surface area contributed by atoms with Crippen molar-refractivity contribution < 1.29 is 5.11 Å². The number of hydrogen-bond acceptors (Lipinski definition) is 5. The van der Waals surface area contributed by atoms with Gasteiger partial charge >= 0.3 is 0 Å². The molecule has 1 saturated heterocycles. The Hall–Kier alpha value is -1.36. The van der Waals surface area contributed by atoms with E-state index in [1.54, 1.807) is 6.20 Å². The van der Waals surface area contributed by atoms with Gasteiger partial charge in [0.1, 0.15) is 5.82 Å². The number of hydrogen-bond donors (Lipinski definition) is 2. The summed E-state index contributed by atoms with van der Waals surface area (Å²) in [5, 5.41) is 12.7. The molecule has 1 atom stereocenters. The molecule has 1 fully saturated rings. The van der Waals surface area contributed by atoms with Crippen molar-refractivity contribution in [1.82, 2.24) is 9.97 Å². The fraction of sp³-hybridized carbons (Fsp3) is 0.636. The second-order valence-corrected chi connectivity index (χ2v) is 4.01. The highest BCUT2D eigenvalue weighted by Gasteiger charge is 2.18. The summed E-state index contributed by atoms with van der Waals surface area (Å²) in [7, 11) is 0. The van der Waals surface area contributed by atoms with Crippen molar-refractivity contribution in [2.24, 2.45) is 0 Å². The molecule has 0 unspecified atom stereocenters. The largest absolute Gasteiger partial charge is 0.391 e. The maximum absolute atomic E-state index is 9.61. The first-order valence-electron chi connectivity index (χ1n) is 5.79. The minimum Gasteiger partial charge on any atom is -0.391 e. The number of aliphatic hydroxyl groups is 1. The van der Waals surface area contributed by atoms with Crippen molar-refractivity contribution >= 4 is 11.8 Å². The zero-order valence-corrected chi connectivity index (χ0v) is 9.56. The van der Waals surface area contributed by atoms with Crippen LogP contribution in [0.2, 0.25) is 0 Å². The summed E-state index contributed by atoms with van der Waals surface area (Å²) >= 11 is 0. The van der Waals surface area contributed by atoms with Gasteiger partial charge in [0.05, 0.1) is 6.10 Å². The summed E-state index contributed by atoms with van der Waals surface area (Å²) in [6, 6.07) is 1.89. The van der Waals surface area contributed by atoms with Crippen LogP contribution in [0.15, 0.2) is 12.3 Å². The SMILES string of the molecule is CCNc1nccc(N2CCC[C@H](O)C2)n1. The summed E-state index contributed by atoms with van der Waals surface area (Å²) in [6.45, 7) is 4.45. The van der Waals surface area contributed by atoms with Crippen LogP contribution >= 0.6 is 0 Å². The molecule has 0 aliphatic carbocycles. The van der Waals surface area contributed by atoms with E-state index in [4.69, 9.17) is 0 Å². The van der Waals surface area contributed by atoms with E-state index in [0.717, 1.165) is 31.7 Å². The maximum Gasteiger partial charge on any atom is 0.224 e. The average Bonchev–Trinajstić information content (AvgIpc) is 2.30. The highest BCUT2D eigenvalue weighted by Crippen LogP contribution is 2.18. The van der Waals surface area contributed by atoms with E-state index in [9.17, 15) is 5.11 Å². The molecular formula is C11H18N4O. The quantitative estimate of drug-likeness (QED) is 0.794. The molecule has 0 spiro atoms. The Bertz CT molecular complexity index is 345. The maximum atomic E-state index is 9.61. The molecule has 88 valence electrons. The monoisotopic (exact) mass is 222 g/mol. The minimum atomic E-state index is -0.230. The van der Waals surface area contributed by atoms with Crippen LogP contribution in [0.3, 0.4) is 0 Å². The third-order valence-electron chi connectivity index (χ3n) is 2.70. The van der Waals surface area contributed by atoms with Gasteiger partial charge in [0.2, 0.25) is 5.95 Å². The molecule has 0 amide bonds. The summed E-state index contributed by atoms with van der Waals surface area (Å²) in [4.78, 5) is 10.7. The minimum absolute atomic E-state index is 0.230. The Morgan fingerprint density at radius 3 is 3.25 bits per heavy atom. The van der Waals surface area contributed by atoms with E-state index in [1.807, 2.05) is 13.0 Å². The second kappa shape index (κ2) is 5.12. The van der Waals surface area contributed by atoms with Crippen LogP contribution in [0.5, 0.6) is 0 Å². The highest BCUT2D eigenvalue weighted by atomic mass is 16.3. The molecular weight excluding hydrogens is 204 g/mol. The van der Waals surface area contributed by atoms with E-state index < -0.39 is 0 Å². The molecule has 1 aromatic rings. The molecule has 0 bridgehead atoms. The lowest BCUT2D eigenvalue weighted by atomic mass is 10.1. The number of nitrogens with one attached hydrogen (secondary N) is 1. The molecule has 16 heavy (non-hydrogen) atoms. The summed E-state index contributed by atoms with van der Waals surface area (Å²) < 4.78 is 0. The van der Waals surface area contributed by atoms with Crippen LogP contribution in [0.1, 0.15) is 19.8 Å². The van der Waals surface area contributed by atoms with Crippen LogP contribution in [0.4, 0.5) is 11.8 Å². The molecule has 1 aromatic heterocycles. The van der Waals surface area contributed by atoms with Crippen molar-refractivity contribution in [3.63, 3.8) is 0 Å². The topological polar surface area (TPSA) is 61.3 Å². The zero-order chi connectivity index (χ0) is 11.4. The third-order valence-corrected chi connectivity index (χ3v) is 2.70. The number of β-amino-alcohol motifs (C(OH)–C–C–N with tert-alkyl or cyclic N) is 1. The zero-order valence-electron chi connectivity index (χ0n) is 9.56. The van der Waals surface area contributed by atoms with Gasteiger partial charge in [0, 0.05) is 25.8 Å². The molecule has 0 radical (unpaired) electrons. The highest BCUT2D eigenvalue weighted by molar-refractivity contribution is 5.42. The lowest BCUT2D eigenvalue weighted by Gasteiger charge is -2.31. The molecule has 2 rings (SSSR count). The van der Waals surface area contributed by atoms with E-state index >= 15 is 0 Å². The number of aliphatic hydroxyl groups excluding tert-OH is 1. The third kappa shape index (κ3) is 2.61. The normalized spacial score (nSPS) is 20.9. The van der Waals surface area contributed by atoms with E-state index in [1.165, 1.54) is 0 Å².